The van der Waals surface area contributed by atoms with Crippen LogP contribution in [0.4, 0.5) is 5.69 Å². The molecule has 2 amide bonds. The fourth-order valence-corrected chi connectivity index (χ4v) is 6.46. The number of hydrogen-bond acceptors (Lipinski definition) is 5. The summed E-state index contributed by atoms with van der Waals surface area (Å²) in [7, 11) is -2.74. The molecule has 0 aromatic heterocycles. The Morgan fingerprint density at radius 2 is 1.52 bits per heavy atom. The zero-order valence-corrected chi connectivity index (χ0v) is 28.3. The van der Waals surface area contributed by atoms with Crippen LogP contribution >= 0.6 is 11.6 Å². The Hall–Kier alpha value is -4.34. The molecule has 0 saturated carbocycles. The van der Waals surface area contributed by atoms with Crippen molar-refractivity contribution >= 4 is 39.1 Å². The van der Waals surface area contributed by atoms with E-state index in [0.29, 0.717) is 10.8 Å². The van der Waals surface area contributed by atoms with Gasteiger partial charge in [-0.25, -0.2) is 8.42 Å². The van der Waals surface area contributed by atoms with Crippen molar-refractivity contribution in [1.82, 2.24) is 10.2 Å². The molecule has 242 valence electrons. The predicted molar refractivity (Wildman–Crippen MR) is 183 cm³/mol. The standard InChI is InChI=1S/C36H40ClN3O5S/c1-26-14-20-32(21-15-26)46(43,44)40(30-12-9-13-31(23-30)45-5)25-34(41)39(24-28-16-18-29(37)19-17-28)33(35(42)38-36(2,3)4)22-27-10-7-6-8-11-27/h6-21,23,33H,22,24-25H2,1-5H3,(H,38,42)/t33-/m0/s1. The second kappa shape index (κ2) is 14.8. The Kier molecular flexibility index (Phi) is 11.1. The summed E-state index contributed by atoms with van der Waals surface area (Å²) in [5, 5.41) is 3.56. The van der Waals surface area contributed by atoms with Gasteiger partial charge in [0.05, 0.1) is 17.7 Å². The van der Waals surface area contributed by atoms with Crippen molar-refractivity contribution in [1.29, 1.82) is 0 Å². The number of nitrogens with zero attached hydrogens (tertiary/aromatic N) is 2. The van der Waals surface area contributed by atoms with Crippen LogP contribution in [0.25, 0.3) is 0 Å². The highest BCUT2D eigenvalue weighted by Crippen LogP contribution is 2.28. The molecule has 0 unspecified atom stereocenters. The Labute approximate surface area is 277 Å². The molecule has 0 aliphatic carbocycles. The maximum Gasteiger partial charge on any atom is 0.264 e. The lowest BCUT2D eigenvalue weighted by molar-refractivity contribution is -0.140. The minimum atomic E-state index is -4.22. The van der Waals surface area contributed by atoms with E-state index in [4.69, 9.17) is 16.3 Å². The quantitative estimate of drug-likeness (QED) is 0.189. The normalized spacial score (nSPS) is 12.2. The fourth-order valence-electron chi connectivity index (χ4n) is 4.93. The summed E-state index contributed by atoms with van der Waals surface area (Å²) in [6.07, 6.45) is 0.214. The lowest BCUT2D eigenvalue weighted by Gasteiger charge is -2.35. The number of anilines is 1. The Balaban J connectivity index is 1.83. The number of hydrogen-bond donors (Lipinski definition) is 1. The summed E-state index contributed by atoms with van der Waals surface area (Å²) in [6.45, 7) is 6.95. The molecule has 1 atom stereocenters. The molecule has 0 aliphatic rings. The molecule has 0 aliphatic heterocycles. The van der Waals surface area contributed by atoms with Crippen LogP contribution in [0.5, 0.6) is 5.75 Å². The van der Waals surface area contributed by atoms with Crippen molar-refractivity contribution in [3.63, 3.8) is 0 Å². The van der Waals surface area contributed by atoms with Gasteiger partial charge in [0.25, 0.3) is 10.0 Å². The molecular formula is C36H40ClN3O5S. The predicted octanol–water partition coefficient (Wildman–Crippen LogP) is 6.41. The van der Waals surface area contributed by atoms with Gasteiger partial charge in [-0.1, -0.05) is 77.8 Å². The van der Waals surface area contributed by atoms with E-state index >= 15 is 0 Å². The number of sulfonamides is 1. The molecule has 0 saturated heterocycles. The highest BCUT2D eigenvalue weighted by atomic mass is 35.5. The highest BCUT2D eigenvalue weighted by molar-refractivity contribution is 7.92. The van der Waals surface area contributed by atoms with E-state index in [1.165, 1.54) is 24.1 Å². The van der Waals surface area contributed by atoms with Gasteiger partial charge in [0.1, 0.15) is 18.3 Å². The smallest absolute Gasteiger partial charge is 0.264 e. The number of methoxy groups -OCH3 is 1. The zero-order valence-electron chi connectivity index (χ0n) is 26.7. The average Bonchev–Trinajstić information content (AvgIpc) is 3.02. The summed E-state index contributed by atoms with van der Waals surface area (Å²) in [5.74, 6) is -0.481. The van der Waals surface area contributed by atoms with Gasteiger partial charge < -0.3 is 15.0 Å². The Morgan fingerprint density at radius 1 is 0.870 bits per heavy atom. The third kappa shape index (κ3) is 9.11. The van der Waals surface area contributed by atoms with Gasteiger partial charge in [-0.3, -0.25) is 13.9 Å². The van der Waals surface area contributed by atoms with Crippen molar-refractivity contribution in [2.75, 3.05) is 18.0 Å². The number of nitrogens with one attached hydrogen (secondary N) is 1. The molecule has 0 spiro atoms. The average molecular weight is 662 g/mol. The monoisotopic (exact) mass is 661 g/mol. The van der Waals surface area contributed by atoms with Gasteiger partial charge in [-0.2, -0.15) is 0 Å². The van der Waals surface area contributed by atoms with Crippen LogP contribution in [0.1, 0.15) is 37.5 Å². The number of rotatable bonds is 12. The van der Waals surface area contributed by atoms with Crippen LogP contribution in [0.3, 0.4) is 0 Å². The Bertz CT molecular complexity index is 1740. The van der Waals surface area contributed by atoms with E-state index in [0.717, 1.165) is 21.0 Å². The zero-order chi connectivity index (χ0) is 33.5. The summed E-state index contributed by atoms with van der Waals surface area (Å²) >= 11 is 6.15. The third-order valence-electron chi connectivity index (χ3n) is 7.26. The van der Waals surface area contributed by atoms with E-state index in [1.54, 1.807) is 60.7 Å². The SMILES string of the molecule is COc1cccc(N(CC(=O)N(Cc2ccc(Cl)cc2)[C@@H](Cc2ccccc2)C(=O)NC(C)(C)C)S(=O)(=O)c2ccc(C)cc2)c1. The number of carbonyl (C=O) groups is 2. The van der Waals surface area contributed by atoms with Crippen molar-refractivity contribution < 1.29 is 22.7 Å². The first-order valence-corrected chi connectivity index (χ1v) is 16.7. The van der Waals surface area contributed by atoms with Crippen LogP contribution in [0.2, 0.25) is 5.02 Å². The minimum Gasteiger partial charge on any atom is -0.497 e. The molecule has 8 nitrogen and oxygen atoms in total. The van der Waals surface area contributed by atoms with E-state index in [1.807, 2.05) is 58.0 Å². The summed E-state index contributed by atoms with van der Waals surface area (Å²) in [5.41, 5.74) is 2.14. The number of amides is 2. The summed E-state index contributed by atoms with van der Waals surface area (Å²) in [4.78, 5) is 30.0. The van der Waals surface area contributed by atoms with Crippen LogP contribution < -0.4 is 14.4 Å². The first-order valence-electron chi connectivity index (χ1n) is 14.9. The van der Waals surface area contributed by atoms with Crippen molar-refractivity contribution in [3.05, 3.63) is 125 Å². The molecule has 0 heterocycles. The lowest BCUT2D eigenvalue weighted by Crippen LogP contribution is -2.56. The first-order chi connectivity index (χ1) is 21.8. The van der Waals surface area contributed by atoms with Gasteiger partial charge in [0.15, 0.2) is 0 Å². The van der Waals surface area contributed by atoms with Crippen LogP contribution in [-0.2, 0) is 32.6 Å². The summed E-state index contributed by atoms with van der Waals surface area (Å²) < 4.78 is 34.9. The van der Waals surface area contributed by atoms with Crippen LogP contribution in [0, 0.1) is 6.92 Å². The molecule has 1 N–H and O–H groups in total. The van der Waals surface area contributed by atoms with Gasteiger partial charge in [0, 0.05) is 29.6 Å². The van der Waals surface area contributed by atoms with E-state index in [2.05, 4.69) is 5.32 Å². The number of benzene rings is 4. The number of carbonyl (C=O) groups excluding carboxylic acids is 2. The topological polar surface area (TPSA) is 96.0 Å². The molecule has 0 bridgehead atoms. The molecule has 4 rings (SSSR count). The number of aryl methyl sites for hydroxylation is 1. The molecule has 4 aromatic rings. The molecule has 0 radical (unpaired) electrons. The second-order valence-corrected chi connectivity index (χ2v) is 14.4. The van der Waals surface area contributed by atoms with E-state index < -0.39 is 34.1 Å². The largest absolute Gasteiger partial charge is 0.497 e. The van der Waals surface area contributed by atoms with E-state index in [9.17, 15) is 18.0 Å². The fraction of sp³-hybridized carbons (Fsp3) is 0.278. The van der Waals surface area contributed by atoms with Gasteiger partial charge >= 0.3 is 0 Å². The van der Waals surface area contributed by atoms with Crippen molar-refractivity contribution in [3.8, 4) is 5.75 Å². The van der Waals surface area contributed by atoms with Gasteiger partial charge in [0.2, 0.25) is 11.8 Å². The number of halogens is 1. The van der Waals surface area contributed by atoms with Crippen LogP contribution in [0.15, 0.2) is 108 Å². The molecule has 46 heavy (non-hydrogen) atoms. The summed E-state index contributed by atoms with van der Waals surface area (Å²) in [6, 6.07) is 28.4. The van der Waals surface area contributed by atoms with Crippen molar-refractivity contribution in [2.24, 2.45) is 0 Å². The number of ether oxygens (including phenoxy) is 1. The molecule has 10 heteroatoms. The van der Waals surface area contributed by atoms with Crippen molar-refractivity contribution in [2.45, 2.75) is 57.1 Å². The maximum atomic E-state index is 14.6. The maximum absolute atomic E-state index is 14.6. The van der Waals surface area contributed by atoms with Gasteiger partial charge in [-0.05, 0) is 75.2 Å². The first kappa shape index (κ1) is 34.5. The second-order valence-electron chi connectivity index (χ2n) is 12.1. The minimum absolute atomic E-state index is 0.0317. The lowest BCUT2D eigenvalue weighted by atomic mass is 10.0. The van der Waals surface area contributed by atoms with E-state index in [-0.39, 0.29) is 29.5 Å². The Morgan fingerprint density at radius 3 is 2.13 bits per heavy atom. The third-order valence-corrected chi connectivity index (χ3v) is 9.30. The molecule has 0 fully saturated rings. The molecular weight excluding hydrogens is 622 g/mol. The van der Waals surface area contributed by atoms with Gasteiger partial charge in [-0.15, -0.1) is 0 Å². The van der Waals surface area contributed by atoms with Crippen LogP contribution in [-0.4, -0.2) is 50.4 Å². The highest BCUT2D eigenvalue weighted by Gasteiger charge is 2.35. The molecule has 4 aromatic carbocycles.